The second-order valence-electron chi connectivity index (χ2n) is 5.84. The van der Waals surface area contributed by atoms with Gasteiger partial charge >= 0.3 is 0 Å². The van der Waals surface area contributed by atoms with Crippen LogP contribution in [0.1, 0.15) is 32.0 Å². The average molecular weight is 433 g/mol. The number of amides is 3. The Morgan fingerprint density at radius 2 is 2.00 bits per heavy atom. The van der Waals surface area contributed by atoms with Crippen LogP contribution in [0.2, 0.25) is 0 Å². The van der Waals surface area contributed by atoms with Gasteiger partial charge in [-0.2, -0.15) is 0 Å². The molecule has 0 atom stereocenters. The highest BCUT2D eigenvalue weighted by atomic mass is 79.9. The van der Waals surface area contributed by atoms with E-state index in [2.05, 4.69) is 22.5 Å². The van der Waals surface area contributed by atoms with Crippen molar-refractivity contribution in [2.75, 3.05) is 13.1 Å². The zero-order chi connectivity index (χ0) is 18.7. The predicted molar refractivity (Wildman–Crippen MR) is 104 cm³/mol. The van der Waals surface area contributed by atoms with Gasteiger partial charge in [-0.3, -0.25) is 19.3 Å². The first-order valence-corrected chi connectivity index (χ1v) is 9.75. The molecule has 1 aromatic heterocycles. The largest absolute Gasteiger partial charge is 0.334 e. The number of halogens is 1. The molecule has 2 heterocycles. The smallest absolute Gasteiger partial charge is 0.261 e. The molecule has 1 aromatic carbocycles. The number of nitrogens with zero attached hydrogens (tertiary/aromatic N) is 2. The van der Waals surface area contributed by atoms with Crippen molar-refractivity contribution in [3.8, 4) is 0 Å². The van der Waals surface area contributed by atoms with Gasteiger partial charge in [0.2, 0.25) is 5.91 Å². The second-order valence-corrected chi connectivity index (χ2v) is 7.79. The molecule has 5 nitrogen and oxygen atoms in total. The van der Waals surface area contributed by atoms with Gasteiger partial charge in [-0.1, -0.05) is 28.1 Å². The maximum Gasteiger partial charge on any atom is 0.261 e. The van der Waals surface area contributed by atoms with Crippen LogP contribution in [-0.4, -0.2) is 40.6 Å². The first-order valence-electron chi connectivity index (χ1n) is 8.08. The Morgan fingerprint density at radius 1 is 1.23 bits per heavy atom. The van der Waals surface area contributed by atoms with Crippen LogP contribution in [0.3, 0.4) is 0 Å². The van der Waals surface area contributed by atoms with E-state index < -0.39 is 0 Å². The molecular weight excluding hydrogens is 416 g/mol. The van der Waals surface area contributed by atoms with E-state index >= 15 is 0 Å². The molecule has 0 unspecified atom stereocenters. The molecule has 1 aliphatic heterocycles. The molecule has 3 rings (SSSR count). The van der Waals surface area contributed by atoms with Crippen molar-refractivity contribution in [3.63, 3.8) is 0 Å². The molecule has 1 aliphatic rings. The standard InChI is InChI=1S/C19H17BrN2O3S/c1-2-8-21(12-14-4-3-10-26-14)17(23)7-9-22-18(24)15-6-5-13(20)11-16(15)19(22)25/h2-6,10-11H,1,7-9,12H2. The lowest BCUT2D eigenvalue weighted by molar-refractivity contribution is -0.131. The normalized spacial score (nSPS) is 13.0. The third-order valence-electron chi connectivity index (χ3n) is 4.11. The molecule has 134 valence electrons. The summed E-state index contributed by atoms with van der Waals surface area (Å²) in [5.41, 5.74) is 0.755. The number of benzene rings is 1. The van der Waals surface area contributed by atoms with Gasteiger partial charge in [0.25, 0.3) is 11.8 Å². The van der Waals surface area contributed by atoms with Crippen molar-refractivity contribution in [3.05, 3.63) is 68.8 Å². The Bertz CT molecular complexity index is 864. The quantitative estimate of drug-likeness (QED) is 0.494. The van der Waals surface area contributed by atoms with Crippen LogP contribution in [-0.2, 0) is 11.3 Å². The van der Waals surface area contributed by atoms with Crippen LogP contribution in [0.4, 0.5) is 0 Å². The third kappa shape index (κ3) is 3.78. The van der Waals surface area contributed by atoms with Crippen LogP contribution in [0.5, 0.6) is 0 Å². The summed E-state index contributed by atoms with van der Waals surface area (Å²) < 4.78 is 0.739. The molecule has 0 bridgehead atoms. The summed E-state index contributed by atoms with van der Waals surface area (Å²) in [6.45, 7) is 4.69. The first kappa shape index (κ1) is 18.5. The van der Waals surface area contributed by atoms with Crippen molar-refractivity contribution in [2.45, 2.75) is 13.0 Å². The van der Waals surface area contributed by atoms with Crippen molar-refractivity contribution >= 4 is 45.0 Å². The van der Waals surface area contributed by atoms with Gasteiger partial charge in [0.15, 0.2) is 0 Å². The van der Waals surface area contributed by atoms with E-state index in [0.717, 1.165) is 14.2 Å². The molecule has 0 N–H and O–H groups in total. The van der Waals surface area contributed by atoms with Gasteiger partial charge in [-0.25, -0.2) is 0 Å². The lowest BCUT2D eigenvalue weighted by Gasteiger charge is -2.22. The lowest BCUT2D eigenvalue weighted by Crippen LogP contribution is -2.36. The first-order chi connectivity index (χ1) is 12.5. The number of thiophene rings is 1. The Labute approximate surface area is 164 Å². The van der Waals surface area contributed by atoms with Crippen molar-refractivity contribution in [2.24, 2.45) is 0 Å². The molecule has 3 amide bonds. The van der Waals surface area contributed by atoms with Gasteiger partial charge < -0.3 is 4.90 Å². The number of carbonyl (C=O) groups excluding carboxylic acids is 3. The monoisotopic (exact) mass is 432 g/mol. The summed E-state index contributed by atoms with van der Waals surface area (Å²) in [6.07, 6.45) is 1.76. The molecular formula is C19H17BrN2O3S. The van der Waals surface area contributed by atoms with Gasteiger partial charge in [0.1, 0.15) is 0 Å². The average Bonchev–Trinajstić information content (AvgIpc) is 3.21. The Kier molecular flexibility index (Phi) is 5.68. The molecule has 7 heteroatoms. The zero-order valence-electron chi connectivity index (χ0n) is 14.0. The summed E-state index contributed by atoms with van der Waals surface area (Å²) in [4.78, 5) is 41.4. The van der Waals surface area contributed by atoms with E-state index in [1.807, 2.05) is 17.5 Å². The molecule has 0 radical (unpaired) electrons. The van der Waals surface area contributed by atoms with Gasteiger partial charge in [0.05, 0.1) is 17.7 Å². The fourth-order valence-corrected chi connectivity index (χ4v) is 3.91. The van der Waals surface area contributed by atoms with E-state index in [4.69, 9.17) is 0 Å². The van der Waals surface area contributed by atoms with Crippen LogP contribution >= 0.6 is 27.3 Å². The van der Waals surface area contributed by atoms with E-state index in [9.17, 15) is 14.4 Å². The second kappa shape index (κ2) is 7.97. The third-order valence-corrected chi connectivity index (χ3v) is 5.47. The summed E-state index contributed by atoms with van der Waals surface area (Å²) in [6, 6.07) is 8.90. The zero-order valence-corrected chi connectivity index (χ0v) is 16.4. The summed E-state index contributed by atoms with van der Waals surface area (Å²) in [5, 5.41) is 1.96. The van der Waals surface area contributed by atoms with Crippen LogP contribution in [0.25, 0.3) is 0 Å². The number of hydrogen-bond acceptors (Lipinski definition) is 4. The summed E-state index contributed by atoms with van der Waals surface area (Å²) in [5.74, 6) is -0.817. The maximum atomic E-state index is 12.6. The van der Waals surface area contributed by atoms with E-state index in [1.54, 1.807) is 40.5 Å². The molecule has 0 aliphatic carbocycles. The van der Waals surface area contributed by atoms with Gasteiger partial charge in [-0.05, 0) is 29.6 Å². The fourth-order valence-electron chi connectivity index (χ4n) is 2.83. The summed E-state index contributed by atoms with van der Waals surface area (Å²) in [7, 11) is 0. The predicted octanol–water partition coefficient (Wildman–Crippen LogP) is 3.71. The van der Waals surface area contributed by atoms with Gasteiger partial charge in [-0.15, -0.1) is 17.9 Å². The van der Waals surface area contributed by atoms with Crippen molar-refractivity contribution in [1.29, 1.82) is 0 Å². The molecule has 0 saturated heterocycles. The number of imide groups is 1. The van der Waals surface area contributed by atoms with Crippen LogP contribution in [0, 0.1) is 0 Å². The van der Waals surface area contributed by atoms with Crippen LogP contribution < -0.4 is 0 Å². The minimum atomic E-state index is -0.354. The lowest BCUT2D eigenvalue weighted by atomic mass is 10.1. The van der Waals surface area contributed by atoms with E-state index in [1.165, 1.54) is 0 Å². The number of carbonyl (C=O) groups is 3. The molecule has 0 fully saturated rings. The van der Waals surface area contributed by atoms with E-state index in [-0.39, 0.29) is 30.7 Å². The van der Waals surface area contributed by atoms with Crippen molar-refractivity contribution < 1.29 is 14.4 Å². The fraction of sp³-hybridized carbons (Fsp3) is 0.211. The highest BCUT2D eigenvalue weighted by Crippen LogP contribution is 2.26. The molecule has 26 heavy (non-hydrogen) atoms. The Balaban J connectivity index is 1.66. The van der Waals surface area contributed by atoms with Crippen molar-refractivity contribution in [1.82, 2.24) is 9.80 Å². The van der Waals surface area contributed by atoms with Gasteiger partial charge in [0, 0.05) is 28.9 Å². The highest BCUT2D eigenvalue weighted by Gasteiger charge is 2.35. The molecule has 0 spiro atoms. The minimum absolute atomic E-state index is 0.0703. The molecule has 0 saturated carbocycles. The van der Waals surface area contributed by atoms with E-state index in [0.29, 0.717) is 24.2 Å². The Hall–Kier alpha value is -2.25. The van der Waals surface area contributed by atoms with Crippen LogP contribution in [0.15, 0.2) is 52.8 Å². The number of rotatable bonds is 7. The highest BCUT2D eigenvalue weighted by molar-refractivity contribution is 9.10. The SMILES string of the molecule is C=CCN(Cc1cccs1)C(=O)CCN1C(=O)c2ccc(Br)cc2C1=O. The topological polar surface area (TPSA) is 57.7 Å². The molecule has 2 aromatic rings. The number of hydrogen-bond donors (Lipinski definition) is 0. The minimum Gasteiger partial charge on any atom is -0.334 e. The summed E-state index contributed by atoms with van der Waals surface area (Å²) >= 11 is 4.89. The maximum absolute atomic E-state index is 12.6. The Morgan fingerprint density at radius 3 is 2.69 bits per heavy atom. The number of fused-ring (bicyclic) bond motifs is 1.